The molecule has 2 aromatic rings. The van der Waals surface area contributed by atoms with Crippen LogP contribution in [0.15, 0.2) is 48.5 Å². The Balaban J connectivity index is 1.21. The van der Waals surface area contributed by atoms with E-state index in [0.29, 0.717) is 12.3 Å². The second-order valence-electron chi connectivity index (χ2n) is 9.36. The molecule has 1 saturated carbocycles. The van der Waals surface area contributed by atoms with E-state index in [1.807, 2.05) is 24.3 Å². The van der Waals surface area contributed by atoms with Crippen LogP contribution in [0.4, 0.5) is 0 Å². The number of nitrogen functional groups attached to an aromatic ring is 1. The molecular formula is C27H35N3O2. The van der Waals surface area contributed by atoms with E-state index in [1.54, 1.807) is 0 Å². The van der Waals surface area contributed by atoms with Crippen LogP contribution < -0.4 is 5.73 Å². The Morgan fingerprint density at radius 3 is 2.09 bits per heavy atom. The van der Waals surface area contributed by atoms with Crippen molar-refractivity contribution in [2.24, 2.45) is 11.7 Å². The van der Waals surface area contributed by atoms with Crippen molar-refractivity contribution in [1.82, 2.24) is 4.90 Å². The number of nitrogens with two attached hydrogens (primary N) is 1. The number of ether oxygens (including phenoxy) is 1. The highest BCUT2D eigenvalue weighted by molar-refractivity contribution is 5.95. The van der Waals surface area contributed by atoms with Crippen LogP contribution in [0.1, 0.15) is 62.5 Å². The number of benzene rings is 2. The van der Waals surface area contributed by atoms with Gasteiger partial charge in [0.2, 0.25) is 0 Å². The van der Waals surface area contributed by atoms with Crippen molar-refractivity contribution in [3.05, 3.63) is 59.7 Å². The first-order valence-corrected chi connectivity index (χ1v) is 12.0. The van der Waals surface area contributed by atoms with Gasteiger partial charge in [0, 0.05) is 18.5 Å². The molecule has 32 heavy (non-hydrogen) atoms. The van der Waals surface area contributed by atoms with Crippen LogP contribution in [-0.2, 0) is 16.1 Å². The zero-order valence-electron chi connectivity index (χ0n) is 18.9. The minimum absolute atomic E-state index is 0.0160. The zero-order chi connectivity index (χ0) is 22.3. The number of carbonyl (C=O) groups is 1. The van der Waals surface area contributed by atoms with Gasteiger partial charge in [-0.25, -0.2) is 0 Å². The van der Waals surface area contributed by atoms with E-state index < -0.39 is 0 Å². The summed E-state index contributed by atoms with van der Waals surface area (Å²) in [6.07, 6.45) is 8.67. The van der Waals surface area contributed by atoms with Gasteiger partial charge in [-0.05, 0) is 74.2 Å². The van der Waals surface area contributed by atoms with Gasteiger partial charge in [-0.2, -0.15) is 0 Å². The largest absolute Gasteiger partial charge is 0.462 e. The molecule has 5 nitrogen and oxygen atoms in total. The van der Waals surface area contributed by atoms with Gasteiger partial charge in [-0.1, -0.05) is 55.0 Å². The first-order valence-electron chi connectivity index (χ1n) is 12.0. The van der Waals surface area contributed by atoms with Crippen molar-refractivity contribution in [3.8, 4) is 11.1 Å². The number of esters is 1. The van der Waals surface area contributed by atoms with Gasteiger partial charge in [0.25, 0.3) is 0 Å². The Labute approximate surface area is 191 Å². The van der Waals surface area contributed by atoms with Crippen molar-refractivity contribution in [1.29, 1.82) is 5.41 Å². The lowest BCUT2D eigenvalue weighted by atomic mass is 9.93. The number of nitrogens with zero attached hydrogens (tertiary/aromatic N) is 1. The topological polar surface area (TPSA) is 79.4 Å². The molecule has 0 atom stereocenters. The van der Waals surface area contributed by atoms with Gasteiger partial charge >= 0.3 is 5.97 Å². The van der Waals surface area contributed by atoms with Crippen molar-refractivity contribution in [3.63, 3.8) is 0 Å². The molecule has 0 spiro atoms. The maximum atomic E-state index is 12.3. The highest BCUT2D eigenvalue weighted by atomic mass is 16.5. The van der Waals surface area contributed by atoms with Crippen LogP contribution in [0.25, 0.3) is 11.1 Å². The Kier molecular flexibility index (Phi) is 7.59. The molecule has 170 valence electrons. The summed E-state index contributed by atoms with van der Waals surface area (Å²) in [5.74, 6) is 0.571. The minimum atomic E-state index is 0.0160. The quantitative estimate of drug-likeness (QED) is 0.361. The van der Waals surface area contributed by atoms with Crippen LogP contribution in [0, 0.1) is 11.3 Å². The second-order valence-corrected chi connectivity index (χ2v) is 9.36. The molecule has 2 aromatic carbocycles. The van der Waals surface area contributed by atoms with Gasteiger partial charge in [-0.3, -0.25) is 15.1 Å². The third-order valence-corrected chi connectivity index (χ3v) is 6.90. The van der Waals surface area contributed by atoms with E-state index >= 15 is 0 Å². The molecule has 3 N–H and O–H groups in total. The van der Waals surface area contributed by atoms with Crippen molar-refractivity contribution in [2.75, 3.05) is 13.1 Å². The average Bonchev–Trinajstić information content (AvgIpc) is 2.81. The fraction of sp³-hybridized carbons (Fsp3) is 0.481. The van der Waals surface area contributed by atoms with E-state index in [-0.39, 0.29) is 17.9 Å². The summed E-state index contributed by atoms with van der Waals surface area (Å²) in [5.41, 5.74) is 9.89. The van der Waals surface area contributed by atoms with Crippen LogP contribution in [-0.4, -0.2) is 35.9 Å². The molecule has 4 rings (SSSR count). The lowest BCUT2D eigenvalue weighted by Gasteiger charge is -2.32. The predicted molar refractivity (Wildman–Crippen MR) is 128 cm³/mol. The predicted octanol–water partition coefficient (Wildman–Crippen LogP) is 5.12. The fourth-order valence-electron chi connectivity index (χ4n) is 4.90. The summed E-state index contributed by atoms with van der Waals surface area (Å²) >= 11 is 0. The monoisotopic (exact) mass is 433 g/mol. The van der Waals surface area contributed by atoms with E-state index in [4.69, 9.17) is 15.9 Å². The van der Waals surface area contributed by atoms with Crippen LogP contribution in [0.5, 0.6) is 0 Å². The maximum Gasteiger partial charge on any atom is 0.306 e. The third kappa shape index (κ3) is 6.19. The number of rotatable bonds is 7. The van der Waals surface area contributed by atoms with Gasteiger partial charge in [0.1, 0.15) is 11.9 Å². The van der Waals surface area contributed by atoms with Gasteiger partial charge in [-0.15, -0.1) is 0 Å². The molecule has 0 radical (unpaired) electrons. The van der Waals surface area contributed by atoms with Crippen LogP contribution in [0.3, 0.4) is 0 Å². The van der Waals surface area contributed by atoms with Gasteiger partial charge < -0.3 is 10.5 Å². The molecule has 2 aliphatic rings. The van der Waals surface area contributed by atoms with E-state index in [9.17, 15) is 4.79 Å². The Morgan fingerprint density at radius 1 is 0.906 bits per heavy atom. The first kappa shape index (κ1) is 22.5. The number of hydrogen-bond donors (Lipinski definition) is 2. The number of amidine groups is 1. The first-order chi connectivity index (χ1) is 15.6. The Morgan fingerprint density at radius 2 is 1.50 bits per heavy atom. The number of piperidine rings is 1. The molecule has 1 heterocycles. The molecule has 0 unspecified atom stereocenters. The lowest BCUT2D eigenvalue weighted by Crippen LogP contribution is -2.34. The van der Waals surface area contributed by atoms with Crippen molar-refractivity contribution in [2.45, 2.75) is 64.0 Å². The summed E-state index contributed by atoms with van der Waals surface area (Å²) in [6.45, 7) is 3.02. The van der Waals surface area contributed by atoms with Crippen molar-refractivity contribution < 1.29 is 9.53 Å². The molecule has 0 aromatic heterocycles. The Bertz CT molecular complexity index is 894. The molecular weight excluding hydrogens is 398 g/mol. The number of nitrogens with one attached hydrogen (secondary N) is 1. The normalized spacial score (nSPS) is 18.4. The Hall–Kier alpha value is -2.66. The summed E-state index contributed by atoms with van der Waals surface area (Å²) in [7, 11) is 0. The van der Waals surface area contributed by atoms with E-state index in [2.05, 4.69) is 29.2 Å². The van der Waals surface area contributed by atoms with Crippen LogP contribution in [0.2, 0.25) is 0 Å². The SMILES string of the molecule is N=C(N)c1ccc(-c2ccc(CN3CCC(CC(=O)OC4CCCCC4)CC3)cc2)cc1. The van der Waals surface area contributed by atoms with E-state index in [1.165, 1.54) is 30.4 Å². The molecule has 0 amide bonds. The minimum Gasteiger partial charge on any atom is -0.462 e. The molecule has 1 saturated heterocycles. The second kappa shape index (κ2) is 10.8. The van der Waals surface area contributed by atoms with Gasteiger partial charge in [0.15, 0.2) is 0 Å². The molecule has 1 aliphatic carbocycles. The van der Waals surface area contributed by atoms with Crippen molar-refractivity contribution >= 4 is 11.8 Å². The summed E-state index contributed by atoms with van der Waals surface area (Å²) in [5, 5.41) is 7.51. The molecule has 5 heteroatoms. The number of carbonyl (C=O) groups excluding carboxylic acids is 1. The highest BCUT2D eigenvalue weighted by Crippen LogP contribution is 2.26. The fourth-order valence-corrected chi connectivity index (χ4v) is 4.90. The average molecular weight is 434 g/mol. The summed E-state index contributed by atoms with van der Waals surface area (Å²) in [4.78, 5) is 14.8. The smallest absolute Gasteiger partial charge is 0.306 e. The molecule has 0 bridgehead atoms. The summed E-state index contributed by atoms with van der Waals surface area (Å²) < 4.78 is 5.71. The summed E-state index contributed by atoms with van der Waals surface area (Å²) in [6, 6.07) is 16.5. The molecule has 2 fully saturated rings. The number of likely N-dealkylation sites (tertiary alicyclic amines) is 1. The zero-order valence-corrected chi connectivity index (χ0v) is 18.9. The molecule has 1 aliphatic heterocycles. The lowest BCUT2D eigenvalue weighted by molar-refractivity contribution is -0.152. The third-order valence-electron chi connectivity index (χ3n) is 6.90. The number of hydrogen-bond acceptors (Lipinski definition) is 4. The van der Waals surface area contributed by atoms with Gasteiger partial charge in [0.05, 0.1) is 0 Å². The standard InChI is InChI=1S/C27H35N3O2/c28-27(29)24-12-10-23(11-13-24)22-8-6-21(7-9-22)19-30-16-14-20(15-17-30)18-26(31)32-25-4-2-1-3-5-25/h6-13,20,25H,1-5,14-19H2,(H3,28,29). The van der Waals surface area contributed by atoms with Crippen LogP contribution >= 0.6 is 0 Å². The van der Waals surface area contributed by atoms with E-state index in [0.717, 1.165) is 56.4 Å². The maximum absolute atomic E-state index is 12.3. The highest BCUT2D eigenvalue weighted by Gasteiger charge is 2.24.